The van der Waals surface area contributed by atoms with Crippen LogP contribution >= 0.6 is 0 Å². The maximum absolute atomic E-state index is 10.8. The van der Waals surface area contributed by atoms with Gasteiger partial charge in [0.15, 0.2) is 9.84 Å². The first-order valence-corrected chi connectivity index (χ1v) is 5.50. The monoisotopic (exact) mass is 171 g/mol. The zero-order chi connectivity index (χ0) is 8.32. The second-order valence-electron chi connectivity index (χ2n) is 2.69. The van der Waals surface area contributed by atoms with E-state index in [1.165, 1.54) is 6.26 Å². The van der Waals surface area contributed by atoms with Crippen molar-refractivity contribution in [1.29, 1.82) is 0 Å². The molecule has 0 spiro atoms. The van der Waals surface area contributed by atoms with E-state index in [0.717, 1.165) is 12.0 Å². The summed E-state index contributed by atoms with van der Waals surface area (Å²) in [6.07, 6.45) is 9.80. The molecule has 0 aromatic carbocycles. The van der Waals surface area contributed by atoms with Gasteiger partial charge in [-0.3, -0.25) is 0 Å². The molecule has 11 heavy (non-hydrogen) atoms. The molecule has 0 heterocycles. The first-order valence-electron chi connectivity index (χ1n) is 3.44. The van der Waals surface area contributed by atoms with Gasteiger partial charge in [0, 0.05) is 6.26 Å². The van der Waals surface area contributed by atoms with Crippen LogP contribution in [0.4, 0.5) is 0 Å². The minimum absolute atomic E-state index is 0.153. The highest BCUT2D eigenvalue weighted by atomic mass is 32.2. The Bertz CT molecular complexity index is 283. The number of sulfone groups is 1. The summed E-state index contributed by atoms with van der Waals surface area (Å²) in [6, 6.07) is 0. The topological polar surface area (TPSA) is 34.1 Å². The summed E-state index contributed by atoms with van der Waals surface area (Å²) < 4.78 is 21.6. The molecule has 0 saturated carbocycles. The highest BCUT2D eigenvalue weighted by Crippen LogP contribution is 2.10. The van der Waals surface area contributed by atoms with Crippen molar-refractivity contribution in [2.24, 2.45) is 0 Å². The zero-order valence-corrected chi connectivity index (χ0v) is 7.26. The van der Waals surface area contributed by atoms with Gasteiger partial charge < -0.3 is 0 Å². The molecule has 0 aromatic heterocycles. The third-order valence-electron chi connectivity index (χ3n) is 1.36. The SMILES string of the molecule is CS(=O)(=O)CC1=C[CH]CC=C1. The quantitative estimate of drug-likeness (QED) is 0.624. The molecule has 0 fully saturated rings. The summed E-state index contributed by atoms with van der Waals surface area (Å²) in [5, 5.41) is 0. The van der Waals surface area contributed by atoms with Gasteiger partial charge in [0.25, 0.3) is 0 Å². The van der Waals surface area contributed by atoms with Gasteiger partial charge in [-0.2, -0.15) is 0 Å². The average Bonchev–Trinajstić information content (AvgIpc) is 1.85. The Kier molecular flexibility index (Phi) is 2.49. The minimum atomic E-state index is -2.86. The second-order valence-corrected chi connectivity index (χ2v) is 4.83. The van der Waals surface area contributed by atoms with Gasteiger partial charge in [-0.1, -0.05) is 18.2 Å². The van der Waals surface area contributed by atoms with Crippen molar-refractivity contribution in [3.8, 4) is 0 Å². The summed E-state index contributed by atoms with van der Waals surface area (Å²) in [7, 11) is -2.86. The molecule has 3 heteroatoms. The van der Waals surface area contributed by atoms with E-state index in [1.807, 2.05) is 24.6 Å². The van der Waals surface area contributed by atoms with Crippen LogP contribution in [0, 0.1) is 6.42 Å². The fourth-order valence-electron chi connectivity index (χ4n) is 0.972. The van der Waals surface area contributed by atoms with Crippen molar-refractivity contribution in [3.05, 3.63) is 30.2 Å². The smallest absolute Gasteiger partial charge is 0.151 e. The van der Waals surface area contributed by atoms with Crippen molar-refractivity contribution >= 4 is 9.84 Å². The van der Waals surface area contributed by atoms with E-state index in [4.69, 9.17) is 0 Å². The van der Waals surface area contributed by atoms with Crippen molar-refractivity contribution < 1.29 is 8.42 Å². The first kappa shape index (κ1) is 8.53. The fraction of sp³-hybridized carbons (Fsp3) is 0.375. The van der Waals surface area contributed by atoms with Crippen LogP contribution in [0.2, 0.25) is 0 Å². The summed E-state index contributed by atoms with van der Waals surface area (Å²) in [6.45, 7) is 0. The van der Waals surface area contributed by atoms with Crippen LogP contribution in [0.25, 0.3) is 0 Å². The lowest BCUT2D eigenvalue weighted by atomic mass is 10.1. The molecule has 0 N–H and O–H groups in total. The van der Waals surface area contributed by atoms with E-state index >= 15 is 0 Å². The molecule has 0 amide bonds. The Hall–Kier alpha value is -0.570. The van der Waals surface area contributed by atoms with Crippen LogP contribution in [0.15, 0.2) is 23.8 Å². The lowest BCUT2D eigenvalue weighted by molar-refractivity contribution is 0.604. The maximum Gasteiger partial charge on any atom is 0.151 e. The minimum Gasteiger partial charge on any atom is -0.229 e. The molecule has 0 unspecified atom stereocenters. The summed E-state index contributed by atoms with van der Waals surface area (Å²) in [4.78, 5) is 0. The molecule has 0 aliphatic heterocycles. The molecule has 2 nitrogen and oxygen atoms in total. The molecular formula is C8H11O2S. The van der Waals surface area contributed by atoms with Crippen LogP contribution in [-0.4, -0.2) is 20.4 Å². The Morgan fingerprint density at radius 3 is 2.73 bits per heavy atom. The standard InChI is InChI=1S/C8H11O2S/c1-11(9,10)7-8-5-3-2-4-6-8/h3-6H,2,7H2,1H3. The van der Waals surface area contributed by atoms with E-state index in [1.54, 1.807) is 0 Å². The molecular weight excluding hydrogens is 160 g/mol. The number of allylic oxidation sites excluding steroid dienone is 3. The van der Waals surface area contributed by atoms with Crippen LogP contribution in [-0.2, 0) is 9.84 Å². The van der Waals surface area contributed by atoms with Gasteiger partial charge in [0.2, 0.25) is 0 Å². The maximum atomic E-state index is 10.8. The summed E-state index contributed by atoms with van der Waals surface area (Å²) in [5.74, 6) is 0.153. The molecule has 1 rings (SSSR count). The van der Waals surface area contributed by atoms with Gasteiger partial charge in [0.05, 0.1) is 5.75 Å². The van der Waals surface area contributed by atoms with Crippen LogP contribution in [0.1, 0.15) is 6.42 Å². The Balaban J connectivity index is 2.64. The largest absolute Gasteiger partial charge is 0.229 e. The molecule has 1 aliphatic rings. The first-order chi connectivity index (χ1) is 5.08. The van der Waals surface area contributed by atoms with Crippen molar-refractivity contribution in [1.82, 2.24) is 0 Å². The van der Waals surface area contributed by atoms with E-state index in [9.17, 15) is 8.42 Å². The van der Waals surface area contributed by atoms with Gasteiger partial charge in [-0.25, -0.2) is 8.42 Å². The Morgan fingerprint density at radius 2 is 2.27 bits per heavy atom. The third-order valence-corrected chi connectivity index (χ3v) is 2.22. The van der Waals surface area contributed by atoms with Crippen LogP contribution in [0.3, 0.4) is 0 Å². The highest BCUT2D eigenvalue weighted by Gasteiger charge is 2.05. The van der Waals surface area contributed by atoms with E-state index in [0.29, 0.717) is 0 Å². The zero-order valence-electron chi connectivity index (χ0n) is 6.45. The lowest BCUT2D eigenvalue weighted by Crippen LogP contribution is -2.05. The Morgan fingerprint density at radius 1 is 1.55 bits per heavy atom. The van der Waals surface area contributed by atoms with Crippen molar-refractivity contribution in [2.45, 2.75) is 6.42 Å². The highest BCUT2D eigenvalue weighted by molar-refractivity contribution is 7.90. The van der Waals surface area contributed by atoms with Crippen molar-refractivity contribution in [2.75, 3.05) is 12.0 Å². The Labute approximate surface area is 67.5 Å². The number of hydrogen-bond donors (Lipinski definition) is 0. The van der Waals surface area contributed by atoms with E-state index in [-0.39, 0.29) is 5.75 Å². The normalized spacial score (nSPS) is 18.1. The number of hydrogen-bond acceptors (Lipinski definition) is 2. The molecule has 1 radical (unpaired) electrons. The lowest BCUT2D eigenvalue weighted by Gasteiger charge is -2.03. The van der Waals surface area contributed by atoms with Crippen LogP contribution in [0.5, 0.6) is 0 Å². The number of rotatable bonds is 2. The molecule has 0 saturated heterocycles. The van der Waals surface area contributed by atoms with E-state index in [2.05, 4.69) is 0 Å². The van der Waals surface area contributed by atoms with Crippen LogP contribution < -0.4 is 0 Å². The molecule has 61 valence electrons. The summed E-state index contributed by atoms with van der Waals surface area (Å²) in [5.41, 5.74) is 0.874. The average molecular weight is 171 g/mol. The fourth-order valence-corrected chi connectivity index (χ4v) is 1.77. The van der Waals surface area contributed by atoms with E-state index < -0.39 is 9.84 Å². The molecule has 0 bridgehead atoms. The molecule has 1 aliphatic carbocycles. The third kappa shape index (κ3) is 3.37. The predicted octanol–water partition coefficient (Wildman–Crippen LogP) is 1.12. The van der Waals surface area contributed by atoms with Crippen molar-refractivity contribution in [3.63, 3.8) is 0 Å². The molecule has 0 aromatic rings. The molecule has 0 atom stereocenters. The van der Waals surface area contributed by atoms with Gasteiger partial charge in [-0.15, -0.1) is 0 Å². The second kappa shape index (κ2) is 3.22. The van der Waals surface area contributed by atoms with Gasteiger partial charge >= 0.3 is 0 Å². The van der Waals surface area contributed by atoms with Gasteiger partial charge in [-0.05, 0) is 18.4 Å². The van der Waals surface area contributed by atoms with Gasteiger partial charge in [0.1, 0.15) is 0 Å². The summed E-state index contributed by atoms with van der Waals surface area (Å²) >= 11 is 0. The predicted molar refractivity (Wildman–Crippen MR) is 45.9 cm³/mol.